The fraction of sp³-hybridized carbons (Fsp3) is 0.467. The molecular weight excluding hydrogens is 212 g/mol. The SMILES string of the molecule is C/C(=C\c1cccc2c1OC(C)(C)C2)C(C)O. The van der Waals surface area contributed by atoms with Gasteiger partial charge in [-0.25, -0.2) is 0 Å². The van der Waals surface area contributed by atoms with Crippen LogP contribution in [0.2, 0.25) is 0 Å². The van der Waals surface area contributed by atoms with E-state index in [4.69, 9.17) is 4.74 Å². The number of benzene rings is 1. The van der Waals surface area contributed by atoms with Crippen molar-refractivity contribution in [3.63, 3.8) is 0 Å². The van der Waals surface area contributed by atoms with Crippen molar-refractivity contribution in [2.75, 3.05) is 0 Å². The Labute approximate surface area is 103 Å². The molecule has 0 amide bonds. The summed E-state index contributed by atoms with van der Waals surface area (Å²) >= 11 is 0. The third kappa shape index (κ3) is 2.52. The van der Waals surface area contributed by atoms with Crippen LogP contribution >= 0.6 is 0 Å². The molecule has 2 heteroatoms. The van der Waals surface area contributed by atoms with Crippen LogP contribution in [-0.4, -0.2) is 16.8 Å². The van der Waals surface area contributed by atoms with Crippen LogP contribution in [0.1, 0.15) is 38.8 Å². The standard InChI is InChI=1S/C15H20O2/c1-10(11(2)16)8-12-6-5-7-13-9-15(3,4)17-14(12)13/h5-8,11,16H,9H2,1-4H3/b10-8+. The Bertz CT molecular complexity index is 456. The van der Waals surface area contributed by atoms with E-state index in [1.807, 2.05) is 25.1 Å². The maximum atomic E-state index is 9.52. The molecule has 1 heterocycles. The molecule has 0 spiro atoms. The lowest BCUT2D eigenvalue weighted by molar-refractivity contribution is 0.138. The lowest BCUT2D eigenvalue weighted by Crippen LogP contribution is -2.24. The molecule has 92 valence electrons. The van der Waals surface area contributed by atoms with Gasteiger partial charge >= 0.3 is 0 Å². The van der Waals surface area contributed by atoms with Crippen LogP contribution < -0.4 is 4.74 Å². The Balaban J connectivity index is 2.40. The van der Waals surface area contributed by atoms with E-state index in [0.717, 1.165) is 23.3 Å². The van der Waals surface area contributed by atoms with Crippen LogP contribution in [0, 0.1) is 0 Å². The number of para-hydroxylation sites is 1. The number of aliphatic hydroxyl groups is 1. The van der Waals surface area contributed by atoms with Gasteiger partial charge in [0.15, 0.2) is 0 Å². The molecule has 1 aromatic rings. The summed E-state index contributed by atoms with van der Waals surface area (Å²) in [6.45, 7) is 7.91. The van der Waals surface area contributed by atoms with Crippen LogP contribution in [0.3, 0.4) is 0 Å². The molecule has 17 heavy (non-hydrogen) atoms. The topological polar surface area (TPSA) is 29.5 Å². The largest absolute Gasteiger partial charge is 0.487 e. The first-order valence-corrected chi connectivity index (χ1v) is 6.06. The molecule has 1 unspecified atom stereocenters. The molecular formula is C15H20O2. The van der Waals surface area contributed by atoms with E-state index in [2.05, 4.69) is 19.9 Å². The maximum Gasteiger partial charge on any atom is 0.130 e. The van der Waals surface area contributed by atoms with Crippen LogP contribution in [0.25, 0.3) is 6.08 Å². The van der Waals surface area contributed by atoms with Crippen molar-refractivity contribution in [2.45, 2.75) is 45.8 Å². The van der Waals surface area contributed by atoms with Crippen molar-refractivity contribution < 1.29 is 9.84 Å². The molecule has 1 aromatic carbocycles. The van der Waals surface area contributed by atoms with E-state index >= 15 is 0 Å². The van der Waals surface area contributed by atoms with Gasteiger partial charge in [-0.15, -0.1) is 0 Å². The molecule has 1 N–H and O–H groups in total. The van der Waals surface area contributed by atoms with Gasteiger partial charge in [0.1, 0.15) is 11.4 Å². The van der Waals surface area contributed by atoms with Crippen molar-refractivity contribution in [3.8, 4) is 5.75 Å². The van der Waals surface area contributed by atoms with E-state index in [1.54, 1.807) is 6.92 Å². The molecule has 2 nitrogen and oxygen atoms in total. The van der Waals surface area contributed by atoms with Gasteiger partial charge in [0.25, 0.3) is 0 Å². The number of hydrogen-bond donors (Lipinski definition) is 1. The first kappa shape index (κ1) is 12.2. The van der Waals surface area contributed by atoms with Gasteiger partial charge in [-0.1, -0.05) is 18.2 Å². The monoisotopic (exact) mass is 232 g/mol. The Morgan fingerprint density at radius 2 is 2.18 bits per heavy atom. The second-order valence-electron chi connectivity index (χ2n) is 5.44. The van der Waals surface area contributed by atoms with Crippen molar-refractivity contribution in [1.29, 1.82) is 0 Å². The van der Waals surface area contributed by atoms with Gasteiger partial charge in [0.2, 0.25) is 0 Å². The van der Waals surface area contributed by atoms with Crippen molar-refractivity contribution in [2.24, 2.45) is 0 Å². The second-order valence-corrected chi connectivity index (χ2v) is 5.44. The second kappa shape index (κ2) is 4.19. The molecule has 0 aromatic heterocycles. The van der Waals surface area contributed by atoms with Gasteiger partial charge in [0.05, 0.1) is 6.10 Å². The number of fused-ring (bicyclic) bond motifs is 1. The zero-order valence-electron chi connectivity index (χ0n) is 10.9. The van der Waals surface area contributed by atoms with Crippen LogP contribution in [0.4, 0.5) is 0 Å². The minimum Gasteiger partial charge on any atom is -0.487 e. The van der Waals surface area contributed by atoms with Gasteiger partial charge in [-0.3, -0.25) is 0 Å². The summed E-state index contributed by atoms with van der Waals surface area (Å²) in [7, 11) is 0. The number of aliphatic hydroxyl groups excluding tert-OH is 1. The zero-order chi connectivity index (χ0) is 12.6. The number of ether oxygens (including phenoxy) is 1. The Hall–Kier alpha value is -1.28. The third-order valence-corrected chi connectivity index (χ3v) is 3.16. The van der Waals surface area contributed by atoms with Crippen molar-refractivity contribution >= 4 is 6.08 Å². The average molecular weight is 232 g/mol. The average Bonchev–Trinajstić information content (AvgIpc) is 2.53. The smallest absolute Gasteiger partial charge is 0.130 e. The molecule has 0 saturated carbocycles. The normalized spacial score (nSPS) is 19.7. The molecule has 0 aliphatic carbocycles. The van der Waals surface area contributed by atoms with E-state index in [-0.39, 0.29) is 5.60 Å². The van der Waals surface area contributed by atoms with E-state index in [0.29, 0.717) is 0 Å². The Kier molecular flexibility index (Phi) is 3.00. The first-order chi connectivity index (χ1) is 7.89. The maximum absolute atomic E-state index is 9.52. The van der Waals surface area contributed by atoms with Gasteiger partial charge < -0.3 is 9.84 Å². The summed E-state index contributed by atoms with van der Waals surface area (Å²) in [5.41, 5.74) is 3.14. The van der Waals surface area contributed by atoms with Crippen LogP contribution in [-0.2, 0) is 6.42 Å². The molecule has 0 radical (unpaired) electrons. The lowest BCUT2D eigenvalue weighted by atomic mass is 9.99. The summed E-state index contributed by atoms with van der Waals surface area (Å²) in [5, 5.41) is 9.52. The predicted molar refractivity (Wildman–Crippen MR) is 70.2 cm³/mol. The molecule has 1 atom stereocenters. The fourth-order valence-electron chi connectivity index (χ4n) is 2.12. The molecule has 2 rings (SSSR count). The van der Waals surface area contributed by atoms with Gasteiger partial charge in [-0.05, 0) is 44.9 Å². The van der Waals surface area contributed by atoms with Crippen LogP contribution in [0.15, 0.2) is 23.8 Å². The van der Waals surface area contributed by atoms with E-state index in [1.165, 1.54) is 5.56 Å². The quantitative estimate of drug-likeness (QED) is 0.848. The van der Waals surface area contributed by atoms with Gasteiger partial charge in [0, 0.05) is 12.0 Å². The lowest BCUT2D eigenvalue weighted by Gasteiger charge is -2.18. The highest BCUT2D eigenvalue weighted by Gasteiger charge is 2.31. The Morgan fingerprint density at radius 3 is 2.82 bits per heavy atom. The predicted octanol–water partition coefficient (Wildman–Crippen LogP) is 3.18. The molecule has 0 saturated heterocycles. The Morgan fingerprint density at radius 1 is 1.47 bits per heavy atom. The third-order valence-electron chi connectivity index (χ3n) is 3.16. The minimum atomic E-state index is -0.416. The fourth-order valence-corrected chi connectivity index (χ4v) is 2.12. The highest BCUT2D eigenvalue weighted by Crippen LogP contribution is 2.38. The van der Waals surface area contributed by atoms with E-state index in [9.17, 15) is 5.11 Å². The highest BCUT2D eigenvalue weighted by molar-refractivity contribution is 5.63. The molecule has 0 fully saturated rings. The number of hydrogen-bond acceptors (Lipinski definition) is 2. The minimum absolute atomic E-state index is 0.120. The summed E-state index contributed by atoms with van der Waals surface area (Å²) in [5.74, 6) is 0.970. The molecule has 1 aliphatic heterocycles. The summed E-state index contributed by atoms with van der Waals surface area (Å²) in [6, 6.07) is 6.19. The van der Waals surface area contributed by atoms with Crippen molar-refractivity contribution in [3.05, 3.63) is 34.9 Å². The first-order valence-electron chi connectivity index (χ1n) is 6.06. The number of rotatable bonds is 2. The summed E-state index contributed by atoms with van der Waals surface area (Å²) in [4.78, 5) is 0. The van der Waals surface area contributed by atoms with Gasteiger partial charge in [-0.2, -0.15) is 0 Å². The summed E-state index contributed by atoms with van der Waals surface area (Å²) in [6.07, 6.45) is 2.53. The van der Waals surface area contributed by atoms with E-state index < -0.39 is 6.10 Å². The summed E-state index contributed by atoms with van der Waals surface area (Å²) < 4.78 is 5.98. The molecule has 1 aliphatic rings. The molecule has 0 bridgehead atoms. The highest BCUT2D eigenvalue weighted by atomic mass is 16.5. The van der Waals surface area contributed by atoms with Crippen LogP contribution in [0.5, 0.6) is 5.75 Å². The van der Waals surface area contributed by atoms with Crippen molar-refractivity contribution in [1.82, 2.24) is 0 Å². The zero-order valence-corrected chi connectivity index (χ0v) is 10.9.